The summed E-state index contributed by atoms with van der Waals surface area (Å²) in [5.74, 6) is 1.78. The van der Waals surface area contributed by atoms with Gasteiger partial charge < -0.3 is 15.1 Å². The van der Waals surface area contributed by atoms with Crippen molar-refractivity contribution < 1.29 is 4.42 Å². The van der Waals surface area contributed by atoms with Gasteiger partial charge in [-0.1, -0.05) is 19.1 Å². The van der Waals surface area contributed by atoms with Crippen LogP contribution >= 0.6 is 0 Å². The van der Waals surface area contributed by atoms with Crippen LogP contribution in [0.2, 0.25) is 0 Å². The third kappa shape index (κ3) is 2.93. The number of nitrogens with zero attached hydrogens (tertiary/aromatic N) is 1. The highest BCUT2D eigenvalue weighted by Crippen LogP contribution is 2.17. The van der Waals surface area contributed by atoms with Crippen molar-refractivity contribution in [2.45, 2.75) is 26.4 Å². The number of furan rings is 1. The van der Waals surface area contributed by atoms with Gasteiger partial charge in [-0.25, -0.2) is 0 Å². The average Bonchev–Trinajstić information content (AvgIpc) is 2.86. The molecule has 2 aromatic rings. The Hall–Kier alpha value is -1.74. The Morgan fingerprint density at radius 3 is 2.28 bits per heavy atom. The Bertz CT molecular complexity index is 487. The Kier molecular flexibility index (Phi) is 4.05. The van der Waals surface area contributed by atoms with E-state index in [9.17, 15) is 0 Å². The van der Waals surface area contributed by atoms with Crippen LogP contribution in [0.15, 0.2) is 40.8 Å². The first kappa shape index (κ1) is 12.7. The number of hydrogen-bond acceptors (Lipinski definition) is 3. The smallest absolute Gasteiger partial charge is 0.123 e. The third-order valence-corrected chi connectivity index (χ3v) is 3.10. The fourth-order valence-electron chi connectivity index (χ4n) is 1.93. The largest absolute Gasteiger partial charge is 0.463 e. The van der Waals surface area contributed by atoms with Crippen molar-refractivity contribution in [3.05, 3.63) is 53.5 Å². The van der Waals surface area contributed by atoms with Gasteiger partial charge in [-0.3, -0.25) is 0 Å². The van der Waals surface area contributed by atoms with Crippen molar-refractivity contribution in [1.29, 1.82) is 0 Å². The Labute approximate surface area is 108 Å². The molecule has 0 saturated heterocycles. The normalized spacial score (nSPS) is 10.6. The molecule has 1 aromatic carbocycles. The van der Waals surface area contributed by atoms with Crippen LogP contribution in [-0.4, -0.2) is 7.05 Å². The zero-order valence-corrected chi connectivity index (χ0v) is 11.0. The summed E-state index contributed by atoms with van der Waals surface area (Å²) in [6, 6.07) is 12.5. The highest BCUT2D eigenvalue weighted by atomic mass is 16.3. The van der Waals surface area contributed by atoms with Crippen LogP contribution in [0.25, 0.3) is 0 Å². The summed E-state index contributed by atoms with van der Waals surface area (Å²) in [4.78, 5) is 2.17. The molecule has 0 aliphatic heterocycles. The van der Waals surface area contributed by atoms with Crippen LogP contribution in [0, 0.1) is 0 Å². The quantitative estimate of drug-likeness (QED) is 0.879. The van der Waals surface area contributed by atoms with E-state index in [0.717, 1.165) is 24.5 Å². The molecule has 3 heteroatoms. The lowest BCUT2D eigenvalue weighted by Gasteiger charge is -2.18. The summed E-state index contributed by atoms with van der Waals surface area (Å²) in [7, 11) is 2.06. The lowest BCUT2D eigenvalue weighted by atomic mass is 10.1. The second-order valence-corrected chi connectivity index (χ2v) is 4.45. The SMILES string of the molecule is CCc1ccc(N(C)Cc2ccc(CN)o2)cc1. The first-order chi connectivity index (χ1) is 8.72. The van der Waals surface area contributed by atoms with E-state index in [1.807, 2.05) is 12.1 Å². The summed E-state index contributed by atoms with van der Waals surface area (Å²) < 4.78 is 5.60. The molecule has 0 atom stereocenters. The topological polar surface area (TPSA) is 42.4 Å². The molecule has 0 bridgehead atoms. The zero-order valence-electron chi connectivity index (χ0n) is 11.0. The van der Waals surface area contributed by atoms with Crippen LogP contribution in [0.5, 0.6) is 0 Å². The summed E-state index contributed by atoms with van der Waals surface area (Å²) >= 11 is 0. The maximum Gasteiger partial charge on any atom is 0.123 e. The molecular formula is C15H20N2O. The van der Waals surface area contributed by atoms with Crippen molar-refractivity contribution in [2.24, 2.45) is 5.73 Å². The van der Waals surface area contributed by atoms with Gasteiger partial charge in [-0.15, -0.1) is 0 Å². The highest BCUT2D eigenvalue weighted by molar-refractivity contribution is 5.47. The maximum absolute atomic E-state index is 5.60. The van der Waals surface area contributed by atoms with E-state index in [2.05, 4.69) is 43.1 Å². The predicted octanol–water partition coefficient (Wildman–Crippen LogP) is 2.94. The first-order valence-electron chi connectivity index (χ1n) is 6.30. The number of anilines is 1. The Balaban J connectivity index is 2.03. The van der Waals surface area contributed by atoms with Crippen molar-refractivity contribution >= 4 is 5.69 Å². The number of hydrogen-bond donors (Lipinski definition) is 1. The molecular weight excluding hydrogens is 224 g/mol. The van der Waals surface area contributed by atoms with Crippen LogP contribution in [0.1, 0.15) is 24.0 Å². The monoisotopic (exact) mass is 244 g/mol. The van der Waals surface area contributed by atoms with E-state index in [-0.39, 0.29) is 0 Å². The summed E-state index contributed by atoms with van der Waals surface area (Å²) in [5.41, 5.74) is 8.08. The first-order valence-corrected chi connectivity index (χ1v) is 6.30. The molecule has 96 valence electrons. The predicted molar refractivity (Wildman–Crippen MR) is 74.5 cm³/mol. The summed E-state index contributed by atoms with van der Waals surface area (Å²) in [6.45, 7) is 3.37. The Morgan fingerprint density at radius 2 is 1.72 bits per heavy atom. The molecule has 18 heavy (non-hydrogen) atoms. The minimum atomic E-state index is 0.453. The lowest BCUT2D eigenvalue weighted by molar-refractivity contribution is 0.465. The lowest BCUT2D eigenvalue weighted by Crippen LogP contribution is -2.15. The molecule has 0 saturated carbocycles. The van der Waals surface area contributed by atoms with Crippen LogP contribution < -0.4 is 10.6 Å². The average molecular weight is 244 g/mol. The summed E-state index contributed by atoms with van der Waals surface area (Å²) in [6.07, 6.45) is 1.07. The molecule has 0 fully saturated rings. The zero-order chi connectivity index (χ0) is 13.0. The Morgan fingerprint density at radius 1 is 1.06 bits per heavy atom. The van der Waals surface area contributed by atoms with Gasteiger partial charge in [0.1, 0.15) is 11.5 Å². The van der Waals surface area contributed by atoms with Crippen LogP contribution in [0.3, 0.4) is 0 Å². The second kappa shape index (κ2) is 5.74. The fourth-order valence-corrected chi connectivity index (χ4v) is 1.93. The minimum absolute atomic E-state index is 0.453. The number of nitrogens with two attached hydrogens (primary N) is 1. The van der Waals surface area contributed by atoms with Gasteiger partial charge in [-0.05, 0) is 36.2 Å². The molecule has 0 amide bonds. The van der Waals surface area contributed by atoms with Gasteiger partial charge in [0, 0.05) is 12.7 Å². The molecule has 0 spiro atoms. The second-order valence-electron chi connectivity index (χ2n) is 4.45. The minimum Gasteiger partial charge on any atom is -0.463 e. The van der Waals surface area contributed by atoms with Crippen molar-refractivity contribution in [1.82, 2.24) is 0 Å². The van der Waals surface area contributed by atoms with Crippen molar-refractivity contribution in [3.8, 4) is 0 Å². The fraction of sp³-hybridized carbons (Fsp3) is 0.333. The molecule has 0 aliphatic carbocycles. The number of aryl methyl sites for hydroxylation is 1. The molecule has 1 heterocycles. The maximum atomic E-state index is 5.60. The van der Waals surface area contributed by atoms with E-state index in [0.29, 0.717) is 6.54 Å². The van der Waals surface area contributed by atoms with Crippen molar-refractivity contribution in [2.75, 3.05) is 11.9 Å². The molecule has 1 aromatic heterocycles. The summed E-state index contributed by atoms with van der Waals surface area (Å²) in [5, 5.41) is 0. The van der Waals surface area contributed by atoms with E-state index >= 15 is 0 Å². The standard InChI is InChI=1S/C15H20N2O/c1-3-12-4-6-13(7-5-12)17(2)11-15-9-8-14(10-16)18-15/h4-9H,3,10-11,16H2,1-2H3. The van der Waals surface area contributed by atoms with Gasteiger partial charge in [0.15, 0.2) is 0 Å². The van der Waals surface area contributed by atoms with Gasteiger partial charge in [-0.2, -0.15) is 0 Å². The third-order valence-electron chi connectivity index (χ3n) is 3.10. The van der Waals surface area contributed by atoms with E-state index in [1.54, 1.807) is 0 Å². The molecule has 0 aliphatic rings. The van der Waals surface area contributed by atoms with E-state index in [4.69, 9.17) is 10.2 Å². The van der Waals surface area contributed by atoms with E-state index < -0.39 is 0 Å². The van der Waals surface area contributed by atoms with E-state index in [1.165, 1.54) is 11.3 Å². The van der Waals surface area contributed by atoms with Crippen molar-refractivity contribution in [3.63, 3.8) is 0 Å². The molecule has 2 N–H and O–H groups in total. The van der Waals surface area contributed by atoms with Crippen LogP contribution in [-0.2, 0) is 19.5 Å². The van der Waals surface area contributed by atoms with Gasteiger partial charge in [0.25, 0.3) is 0 Å². The molecule has 2 rings (SSSR count). The molecule has 3 nitrogen and oxygen atoms in total. The van der Waals surface area contributed by atoms with Gasteiger partial charge in [0.05, 0.1) is 13.1 Å². The molecule has 0 unspecified atom stereocenters. The van der Waals surface area contributed by atoms with Gasteiger partial charge in [0.2, 0.25) is 0 Å². The highest BCUT2D eigenvalue weighted by Gasteiger charge is 2.05. The number of rotatable bonds is 5. The van der Waals surface area contributed by atoms with Crippen LogP contribution in [0.4, 0.5) is 5.69 Å². The number of benzene rings is 1. The van der Waals surface area contributed by atoms with Gasteiger partial charge >= 0.3 is 0 Å². The molecule has 0 radical (unpaired) electrons.